The van der Waals surface area contributed by atoms with Gasteiger partial charge in [0.25, 0.3) is 11.8 Å². The fourth-order valence-corrected chi connectivity index (χ4v) is 4.21. The van der Waals surface area contributed by atoms with Crippen LogP contribution in [0.4, 0.5) is 10.5 Å². The minimum Gasteiger partial charge on any atom is -0.322 e. The van der Waals surface area contributed by atoms with E-state index in [2.05, 4.69) is 16.0 Å². The first-order chi connectivity index (χ1) is 17.2. The summed E-state index contributed by atoms with van der Waals surface area (Å²) in [4.78, 5) is 37.6. The maximum Gasteiger partial charge on any atom is 0.322 e. The summed E-state index contributed by atoms with van der Waals surface area (Å²) in [7, 11) is 0. The molecule has 0 spiro atoms. The molecule has 1 aromatic heterocycles. The molecular formula is C28H25N5O3. The van der Waals surface area contributed by atoms with E-state index in [9.17, 15) is 14.4 Å². The first-order valence-electron chi connectivity index (χ1n) is 11.5. The summed E-state index contributed by atoms with van der Waals surface area (Å²) in [6, 6.07) is 21.9. The van der Waals surface area contributed by atoms with Crippen LogP contribution in [0.15, 0.2) is 79.0 Å². The van der Waals surface area contributed by atoms with E-state index in [0.29, 0.717) is 22.5 Å². The van der Waals surface area contributed by atoms with Crippen LogP contribution in [0.2, 0.25) is 0 Å². The second-order valence-electron chi connectivity index (χ2n) is 9.04. The third kappa shape index (κ3) is 4.13. The lowest BCUT2D eigenvalue weighted by atomic mass is 9.92. The number of hydrogen-bond donors (Lipinski definition) is 3. The summed E-state index contributed by atoms with van der Waals surface area (Å²) in [6.07, 6.45) is 1.71. The predicted octanol–water partition coefficient (Wildman–Crippen LogP) is 4.46. The Hall–Kier alpha value is -4.72. The van der Waals surface area contributed by atoms with Crippen molar-refractivity contribution in [2.24, 2.45) is 0 Å². The second-order valence-corrected chi connectivity index (χ2v) is 9.04. The Balaban J connectivity index is 1.52. The summed E-state index contributed by atoms with van der Waals surface area (Å²) >= 11 is 0. The Labute approximate surface area is 208 Å². The van der Waals surface area contributed by atoms with Gasteiger partial charge in [0, 0.05) is 17.4 Å². The van der Waals surface area contributed by atoms with Crippen LogP contribution in [0.3, 0.4) is 0 Å². The highest BCUT2D eigenvalue weighted by molar-refractivity contribution is 6.09. The number of imide groups is 1. The van der Waals surface area contributed by atoms with Crippen molar-refractivity contribution in [3.63, 3.8) is 0 Å². The Morgan fingerprint density at radius 3 is 2.42 bits per heavy atom. The molecule has 0 saturated carbocycles. The van der Waals surface area contributed by atoms with E-state index in [-0.39, 0.29) is 5.91 Å². The van der Waals surface area contributed by atoms with Gasteiger partial charge >= 0.3 is 6.03 Å². The molecule has 8 heteroatoms. The molecular weight excluding hydrogens is 454 g/mol. The Morgan fingerprint density at radius 1 is 0.944 bits per heavy atom. The minimum atomic E-state index is -1.22. The number of carbonyl (C=O) groups excluding carboxylic acids is 3. The van der Waals surface area contributed by atoms with Crippen molar-refractivity contribution < 1.29 is 14.4 Å². The molecule has 2 heterocycles. The fourth-order valence-electron chi connectivity index (χ4n) is 4.21. The summed E-state index contributed by atoms with van der Waals surface area (Å²) in [5.74, 6) is -0.787. The first-order valence-corrected chi connectivity index (χ1v) is 11.5. The highest BCUT2D eigenvalue weighted by Gasteiger charge is 2.43. The molecule has 8 nitrogen and oxygen atoms in total. The number of para-hydroxylation sites is 1. The third-order valence-electron chi connectivity index (χ3n) is 6.50. The average molecular weight is 480 g/mol. The quantitative estimate of drug-likeness (QED) is 0.368. The van der Waals surface area contributed by atoms with Gasteiger partial charge < -0.3 is 10.6 Å². The van der Waals surface area contributed by atoms with Gasteiger partial charge in [0.15, 0.2) is 0 Å². The van der Waals surface area contributed by atoms with Crippen LogP contribution >= 0.6 is 0 Å². The topological polar surface area (TPSA) is 105 Å². The molecule has 180 valence electrons. The monoisotopic (exact) mass is 479 g/mol. The van der Waals surface area contributed by atoms with E-state index in [4.69, 9.17) is 5.10 Å². The number of nitrogens with one attached hydrogen (secondary N) is 3. The van der Waals surface area contributed by atoms with Crippen molar-refractivity contribution in [3.8, 4) is 16.9 Å². The van der Waals surface area contributed by atoms with Gasteiger partial charge in [0.2, 0.25) is 0 Å². The molecule has 0 radical (unpaired) electrons. The van der Waals surface area contributed by atoms with Crippen molar-refractivity contribution in [3.05, 3.63) is 101 Å². The molecule has 1 unspecified atom stereocenters. The van der Waals surface area contributed by atoms with E-state index in [1.807, 2.05) is 62.4 Å². The second kappa shape index (κ2) is 8.81. The molecule has 3 aromatic carbocycles. The van der Waals surface area contributed by atoms with Crippen molar-refractivity contribution in [1.29, 1.82) is 0 Å². The van der Waals surface area contributed by atoms with Gasteiger partial charge in [-0.1, -0.05) is 42.5 Å². The largest absolute Gasteiger partial charge is 0.322 e. The highest BCUT2D eigenvalue weighted by atomic mass is 16.2. The molecule has 0 aliphatic carbocycles. The molecule has 1 fully saturated rings. The lowest BCUT2D eigenvalue weighted by Crippen LogP contribution is -2.40. The van der Waals surface area contributed by atoms with Crippen LogP contribution in [0.5, 0.6) is 0 Å². The number of urea groups is 1. The molecule has 4 aromatic rings. The molecule has 5 rings (SSSR count). The van der Waals surface area contributed by atoms with Crippen LogP contribution in [0.25, 0.3) is 16.9 Å². The van der Waals surface area contributed by atoms with Gasteiger partial charge in [-0.3, -0.25) is 14.9 Å². The highest BCUT2D eigenvalue weighted by Crippen LogP contribution is 2.29. The lowest BCUT2D eigenvalue weighted by Gasteiger charge is -2.21. The van der Waals surface area contributed by atoms with Crippen LogP contribution in [0, 0.1) is 13.8 Å². The molecule has 36 heavy (non-hydrogen) atoms. The van der Waals surface area contributed by atoms with Crippen LogP contribution < -0.4 is 16.0 Å². The molecule has 3 N–H and O–H groups in total. The number of benzene rings is 3. The Bertz CT molecular complexity index is 1510. The zero-order valence-electron chi connectivity index (χ0n) is 20.1. The summed E-state index contributed by atoms with van der Waals surface area (Å²) in [5, 5.41) is 12.6. The number of anilines is 1. The smallest absolute Gasteiger partial charge is 0.322 e. The minimum absolute atomic E-state index is 0.340. The average Bonchev–Trinajstić information content (AvgIpc) is 3.43. The number of nitrogens with zero attached hydrogens (tertiary/aromatic N) is 2. The molecule has 4 amide bonds. The van der Waals surface area contributed by atoms with Crippen molar-refractivity contribution in [2.75, 3.05) is 5.32 Å². The van der Waals surface area contributed by atoms with E-state index >= 15 is 0 Å². The summed E-state index contributed by atoms with van der Waals surface area (Å²) in [6.45, 7) is 5.68. The van der Waals surface area contributed by atoms with Gasteiger partial charge in [0.1, 0.15) is 11.2 Å². The van der Waals surface area contributed by atoms with Gasteiger partial charge in [-0.2, -0.15) is 5.10 Å². The Morgan fingerprint density at radius 2 is 1.72 bits per heavy atom. The normalized spacial score (nSPS) is 17.0. The predicted molar refractivity (Wildman–Crippen MR) is 137 cm³/mol. The van der Waals surface area contributed by atoms with Gasteiger partial charge in [-0.05, 0) is 67.8 Å². The van der Waals surface area contributed by atoms with Gasteiger partial charge in [0.05, 0.1) is 11.3 Å². The lowest BCUT2D eigenvalue weighted by molar-refractivity contribution is -0.123. The van der Waals surface area contributed by atoms with Crippen molar-refractivity contribution in [1.82, 2.24) is 20.4 Å². The van der Waals surface area contributed by atoms with Gasteiger partial charge in [-0.15, -0.1) is 0 Å². The van der Waals surface area contributed by atoms with E-state index in [1.165, 1.54) is 0 Å². The number of carbonyl (C=O) groups is 3. The molecule has 1 aliphatic rings. The maximum atomic E-state index is 13.5. The Kier molecular flexibility index (Phi) is 5.64. The number of amides is 4. The number of aryl methyl sites for hydroxylation is 2. The van der Waals surface area contributed by atoms with Crippen LogP contribution in [-0.4, -0.2) is 27.6 Å². The molecule has 1 aliphatic heterocycles. The molecule has 1 saturated heterocycles. The maximum absolute atomic E-state index is 13.5. The first kappa shape index (κ1) is 23.0. The van der Waals surface area contributed by atoms with E-state index in [0.717, 1.165) is 22.4 Å². The number of rotatable bonds is 5. The van der Waals surface area contributed by atoms with E-state index in [1.54, 1.807) is 42.1 Å². The van der Waals surface area contributed by atoms with Crippen molar-refractivity contribution in [2.45, 2.75) is 26.3 Å². The molecule has 1 atom stereocenters. The zero-order chi connectivity index (χ0) is 25.4. The SMILES string of the molecule is Cc1ccc(-c2nn(-c3ccccc3)cc2C(=O)Nc2cccc(C3(C)NC(=O)NC3=O)c2)cc1C. The van der Waals surface area contributed by atoms with E-state index < -0.39 is 17.5 Å². The van der Waals surface area contributed by atoms with Crippen LogP contribution in [0.1, 0.15) is 34.0 Å². The number of hydrogen-bond acceptors (Lipinski definition) is 4. The van der Waals surface area contributed by atoms with Crippen molar-refractivity contribution >= 4 is 23.5 Å². The summed E-state index contributed by atoms with van der Waals surface area (Å²) in [5.41, 5.74) is 4.72. The van der Waals surface area contributed by atoms with Gasteiger partial charge in [-0.25, -0.2) is 9.48 Å². The third-order valence-corrected chi connectivity index (χ3v) is 6.50. The number of aromatic nitrogens is 2. The molecule has 0 bridgehead atoms. The standard InChI is InChI=1S/C28H25N5O3/c1-17-12-13-19(14-18(17)2)24-23(16-33(32-24)22-10-5-4-6-11-22)25(34)29-21-9-7-8-20(15-21)28(3)26(35)30-27(36)31-28/h4-16H,1-3H3,(H,29,34)(H2,30,31,35,36). The zero-order valence-corrected chi connectivity index (χ0v) is 20.1. The summed E-state index contributed by atoms with van der Waals surface area (Å²) < 4.78 is 1.69. The van der Waals surface area contributed by atoms with Crippen LogP contribution in [-0.2, 0) is 10.3 Å². The fraction of sp³-hybridized carbons (Fsp3) is 0.143.